The smallest absolute Gasteiger partial charge is 0.0702 e. The van der Waals surface area contributed by atoms with Gasteiger partial charge in [-0.25, -0.2) is 0 Å². The predicted octanol–water partition coefficient (Wildman–Crippen LogP) is 3.55. The summed E-state index contributed by atoms with van der Waals surface area (Å²) in [6.07, 6.45) is 3.69. The van der Waals surface area contributed by atoms with Crippen LogP contribution < -0.4 is 0 Å². The van der Waals surface area contributed by atoms with Crippen molar-refractivity contribution in [2.75, 3.05) is 0 Å². The van der Waals surface area contributed by atoms with E-state index < -0.39 is 0 Å². The van der Waals surface area contributed by atoms with E-state index in [0.29, 0.717) is 0 Å². The van der Waals surface area contributed by atoms with Gasteiger partial charge >= 0.3 is 0 Å². The van der Waals surface area contributed by atoms with Crippen LogP contribution in [0.1, 0.15) is 18.1 Å². The number of aryl methyl sites for hydroxylation is 1. The number of allylic oxidation sites excluding steroid dienone is 1. The molecule has 0 spiro atoms. The van der Waals surface area contributed by atoms with Gasteiger partial charge in [-0.05, 0) is 42.5 Å². The molecular formula is C15H16N2. The summed E-state index contributed by atoms with van der Waals surface area (Å²) in [5, 5.41) is 1.18. The largest absolute Gasteiger partial charge is 0.269 e. The zero-order chi connectivity index (χ0) is 12.3. The Morgan fingerprint density at radius 2 is 2.06 bits per heavy atom. The number of nitrogens with zero attached hydrogens (tertiary/aromatic N) is 2. The van der Waals surface area contributed by atoms with Gasteiger partial charge in [0.05, 0.1) is 5.52 Å². The lowest BCUT2D eigenvalue weighted by atomic mass is 10.1. The van der Waals surface area contributed by atoms with E-state index in [-0.39, 0.29) is 0 Å². The molecule has 0 aliphatic carbocycles. The highest BCUT2D eigenvalue weighted by molar-refractivity contribution is 5.79. The number of benzene rings is 1. The molecular weight excluding hydrogens is 208 g/mol. The Balaban J connectivity index is 2.40. The molecule has 0 aliphatic heterocycles. The van der Waals surface area contributed by atoms with Gasteiger partial charge in [0, 0.05) is 23.7 Å². The zero-order valence-electron chi connectivity index (χ0n) is 10.1. The molecule has 1 aromatic heterocycles. The first-order chi connectivity index (χ1) is 8.22. The van der Waals surface area contributed by atoms with E-state index >= 15 is 0 Å². The standard InChI is InChI=1S/C15H16N2/c1-4-12-8-14-9-13(7-11(2)16-3)5-6-15(14)17-10-12/h5-6,8-10H,2-4,7H2,1H3. The zero-order valence-corrected chi connectivity index (χ0v) is 10.1. The van der Waals surface area contributed by atoms with Gasteiger partial charge in [-0.3, -0.25) is 9.98 Å². The molecule has 0 fully saturated rings. The van der Waals surface area contributed by atoms with E-state index in [2.05, 4.69) is 48.4 Å². The Hall–Kier alpha value is -1.96. The topological polar surface area (TPSA) is 25.2 Å². The first-order valence-electron chi connectivity index (χ1n) is 5.75. The van der Waals surface area contributed by atoms with Gasteiger partial charge in [-0.2, -0.15) is 0 Å². The van der Waals surface area contributed by atoms with E-state index in [1.54, 1.807) is 0 Å². The van der Waals surface area contributed by atoms with E-state index in [4.69, 9.17) is 0 Å². The summed E-state index contributed by atoms with van der Waals surface area (Å²) in [5.74, 6) is 0. The second kappa shape index (κ2) is 4.91. The molecule has 2 aromatic rings. The predicted molar refractivity (Wildman–Crippen MR) is 73.5 cm³/mol. The number of aromatic nitrogens is 1. The van der Waals surface area contributed by atoms with Crippen molar-refractivity contribution in [3.8, 4) is 0 Å². The van der Waals surface area contributed by atoms with Gasteiger partial charge in [-0.1, -0.05) is 19.6 Å². The van der Waals surface area contributed by atoms with Gasteiger partial charge < -0.3 is 0 Å². The summed E-state index contributed by atoms with van der Waals surface area (Å²) in [4.78, 5) is 8.27. The number of hydrogen-bond acceptors (Lipinski definition) is 2. The molecule has 2 rings (SSSR count). The molecule has 0 amide bonds. The van der Waals surface area contributed by atoms with Crippen LogP contribution in [0, 0.1) is 0 Å². The lowest BCUT2D eigenvalue weighted by Gasteiger charge is -2.04. The second-order valence-electron chi connectivity index (χ2n) is 4.13. The SMILES string of the molecule is C=NC(=C)Cc1ccc2ncc(CC)cc2c1. The molecule has 1 heterocycles. The van der Waals surface area contributed by atoms with Crippen LogP contribution in [0.25, 0.3) is 10.9 Å². The van der Waals surface area contributed by atoms with E-state index in [1.807, 2.05) is 12.3 Å². The van der Waals surface area contributed by atoms with Crippen molar-refractivity contribution in [2.24, 2.45) is 4.99 Å². The van der Waals surface area contributed by atoms with Crippen molar-refractivity contribution in [3.63, 3.8) is 0 Å². The molecule has 2 heteroatoms. The minimum absolute atomic E-state index is 0.746. The number of hydrogen-bond donors (Lipinski definition) is 0. The Morgan fingerprint density at radius 3 is 2.76 bits per heavy atom. The summed E-state index contributed by atoms with van der Waals surface area (Å²) in [6, 6.07) is 8.45. The Labute approximate surface area is 102 Å². The second-order valence-corrected chi connectivity index (χ2v) is 4.13. The minimum atomic E-state index is 0.746. The van der Waals surface area contributed by atoms with Crippen LogP contribution in [0.3, 0.4) is 0 Å². The van der Waals surface area contributed by atoms with Crippen molar-refractivity contribution < 1.29 is 0 Å². The van der Waals surface area contributed by atoms with Crippen LogP contribution in [0.5, 0.6) is 0 Å². The summed E-state index contributed by atoms with van der Waals surface area (Å²) in [5.41, 5.74) is 4.28. The highest BCUT2D eigenvalue weighted by Gasteiger charge is 2.00. The number of rotatable bonds is 4. The van der Waals surface area contributed by atoms with Crippen molar-refractivity contribution in [2.45, 2.75) is 19.8 Å². The van der Waals surface area contributed by atoms with Crippen molar-refractivity contribution >= 4 is 17.6 Å². The van der Waals surface area contributed by atoms with Crippen LogP contribution in [0.15, 0.2) is 47.7 Å². The summed E-state index contributed by atoms with van der Waals surface area (Å²) in [6.45, 7) is 9.46. The molecule has 1 aromatic carbocycles. The van der Waals surface area contributed by atoms with Gasteiger partial charge in [0.1, 0.15) is 0 Å². The quantitative estimate of drug-likeness (QED) is 0.729. The molecule has 0 bridgehead atoms. The molecule has 0 aliphatic rings. The molecule has 0 saturated heterocycles. The van der Waals surface area contributed by atoms with E-state index in [9.17, 15) is 0 Å². The van der Waals surface area contributed by atoms with Crippen LogP contribution in [0.4, 0.5) is 0 Å². The van der Waals surface area contributed by atoms with Gasteiger partial charge in [0.2, 0.25) is 0 Å². The van der Waals surface area contributed by atoms with Crippen molar-refractivity contribution in [1.29, 1.82) is 0 Å². The third-order valence-corrected chi connectivity index (χ3v) is 2.84. The number of aliphatic imine (C=N–C) groups is 1. The van der Waals surface area contributed by atoms with E-state index in [0.717, 1.165) is 24.1 Å². The molecule has 0 unspecified atom stereocenters. The molecule has 0 radical (unpaired) electrons. The lowest BCUT2D eigenvalue weighted by Crippen LogP contribution is -1.89. The van der Waals surface area contributed by atoms with Crippen LogP contribution >= 0.6 is 0 Å². The summed E-state index contributed by atoms with van der Waals surface area (Å²) < 4.78 is 0. The summed E-state index contributed by atoms with van der Waals surface area (Å²) >= 11 is 0. The van der Waals surface area contributed by atoms with Crippen molar-refractivity contribution in [3.05, 3.63) is 53.9 Å². The van der Waals surface area contributed by atoms with Gasteiger partial charge in [0.25, 0.3) is 0 Å². The molecule has 86 valence electrons. The first-order valence-corrected chi connectivity index (χ1v) is 5.75. The third-order valence-electron chi connectivity index (χ3n) is 2.84. The fourth-order valence-electron chi connectivity index (χ4n) is 1.82. The average Bonchev–Trinajstić information content (AvgIpc) is 2.37. The fraction of sp³-hybridized carbons (Fsp3) is 0.200. The van der Waals surface area contributed by atoms with Crippen molar-refractivity contribution in [1.82, 2.24) is 4.98 Å². The highest BCUT2D eigenvalue weighted by Crippen LogP contribution is 2.17. The number of fused-ring (bicyclic) bond motifs is 1. The Morgan fingerprint density at radius 1 is 1.29 bits per heavy atom. The fourth-order valence-corrected chi connectivity index (χ4v) is 1.82. The van der Waals surface area contributed by atoms with E-state index in [1.165, 1.54) is 16.5 Å². The highest BCUT2D eigenvalue weighted by atomic mass is 14.7. The molecule has 0 N–H and O–H groups in total. The Kier molecular flexibility index (Phi) is 3.33. The first kappa shape index (κ1) is 11.5. The van der Waals surface area contributed by atoms with Crippen LogP contribution in [-0.4, -0.2) is 11.7 Å². The third kappa shape index (κ3) is 2.59. The maximum atomic E-state index is 4.43. The molecule has 0 saturated carbocycles. The lowest BCUT2D eigenvalue weighted by molar-refractivity contribution is 1.11. The minimum Gasteiger partial charge on any atom is -0.269 e. The number of pyridine rings is 1. The van der Waals surface area contributed by atoms with Gasteiger partial charge in [0.15, 0.2) is 0 Å². The Bertz CT molecular complexity index is 570. The maximum absolute atomic E-state index is 4.43. The molecule has 0 atom stereocenters. The normalized spacial score (nSPS) is 10.4. The maximum Gasteiger partial charge on any atom is 0.0702 e. The van der Waals surface area contributed by atoms with Crippen LogP contribution in [-0.2, 0) is 12.8 Å². The summed E-state index contributed by atoms with van der Waals surface area (Å²) in [7, 11) is 0. The average molecular weight is 224 g/mol. The molecule has 17 heavy (non-hydrogen) atoms. The van der Waals surface area contributed by atoms with Crippen LogP contribution in [0.2, 0.25) is 0 Å². The van der Waals surface area contributed by atoms with Gasteiger partial charge in [-0.15, -0.1) is 0 Å². The monoisotopic (exact) mass is 224 g/mol. The molecule has 2 nitrogen and oxygen atoms in total.